The third kappa shape index (κ3) is 3.45. The van der Waals surface area contributed by atoms with Crippen LogP contribution in [0.15, 0.2) is 30.5 Å². The average molecular weight is 425 g/mol. The van der Waals surface area contributed by atoms with Gasteiger partial charge in [0.2, 0.25) is 15.9 Å². The maximum atomic E-state index is 12.4. The molecule has 0 aliphatic heterocycles. The van der Waals surface area contributed by atoms with Crippen molar-refractivity contribution in [2.75, 3.05) is 10.0 Å². The van der Waals surface area contributed by atoms with E-state index in [0.717, 1.165) is 53.3 Å². The summed E-state index contributed by atoms with van der Waals surface area (Å²) in [5.74, 6) is 0.627. The van der Waals surface area contributed by atoms with Crippen molar-refractivity contribution < 1.29 is 13.2 Å². The molecule has 0 radical (unpaired) electrons. The van der Waals surface area contributed by atoms with Crippen LogP contribution in [0.5, 0.6) is 0 Å². The molecule has 0 saturated heterocycles. The molecular formula is C22H24N4O3S. The van der Waals surface area contributed by atoms with Gasteiger partial charge in [0, 0.05) is 17.5 Å². The molecule has 2 heterocycles. The number of hydrogen-bond donors (Lipinski definition) is 3. The van der Waals surface area contributed by atoms with Crippen molar-refractivity contribution in [1.29, 1.82) is 0 Å². The highest BCUT2D eigenvalue weighted by molar-refractivity contribution is 7.93. The van der Waals surface area contributed by atoms with E-state index in [-0.39, 0.29) is 17.1 Å². The topological polar surface area (TPSA) is 104 Å². The van der Waals surface area contributed by atoms with Crippen LogP contribution in [0.4, 0.5) is 11.5 Å². The number of sulfonamides is 1. The molecule has 2 saturated carbocycles. The second-order valence-electron chi connectivity index (χ2n) is 8.32. The van der Waals surface area contributed by atoms with Crippen LogP contribution in [0, 0.1) is 19.8 Å². The van der Waals surface area contributed by atoms with Gasteiger partial charge in [-0.05, 0) is 80.0 Å². The Morgan fingerprint density at radius 1 is 1.07 bits per heavy atom. The smallest absolute Gasteiger partial charge is 0.235 e. The number of pyridine rings is 1. The zero-order valence-corrected chi connectivity index (χ0v) is 17.8. The lowest BCUT2D eigenvalue weighted by Gasteiger charge is -2.16. The molecule has 0 bridgehead atoms. The molecule has 2 fully saturated rings. The molecule has 2 aromatic heterocycles. The van der Waals surface area contributed by atoms with Crippen LogP contribution in [-0.4, -0.2) is 29.5 Å². The van der Waals surface area contributed by atoms with Crippen molar-refractivity contribution in [3.05, 3.63) is 41.6 Å². The number of rotatable bonds is 6. The molecule has 5 rings (SSSR count). The van der Waals surface area contributed by atoms with Gasteiger partial charge in [-0.2, -0.15) is 0 Å². The molecule has 0 spiro atoms. The first-order valence-electron chi connectivity index (χ1n) is 10.2. The maximum Gasteiger partial charge on any atom is 0.235 e. The third-order valence-corrected chi connectivity index (χ3v) is 7.87. The fourth-order valence-corrected chi connectivity index (χ4v) is 5.19. The van der Waals surface area contributed by atoms with Gasteiger partial charge in [-0.3, -0.25) is 9.52 Å². The highest BCUT2D eigenvalue weighted by atomic mass is 32.2. The molecule has 156 valence electrons. The Morgan fingerprint density at radius 2 is 1.83 bits per heavy atom. The Labute approximate surface area is 175 Å². The molecule has 30 heavy (non-hydrogen) atoms. The Bertz CT molecular complexity index is 1270. The van der Waals surface area contributed by atoms with Crippen LogP contribution < -0.4 is 10.0 Å². The van der Waals surface area contributed by atoms with E-state index in [2.05, 4.69) is 20.0 Å². The van der Waals surface area contributed by atoms with E-state index in [4.69, 9.17) is 0 Å². The van der Waals surface area contributed by atoms with Gasteiger partial charge >= 0.3 is 0 Å². The van der Waals surface area contributed by atoms with Crippen LogP contribution in [0.2, 0.25) is 0 Å². The predicted octanol–water partition coefficient (Wildman–Crippen LogP) is 4.10. The predicted molar refractivity (Wildman–Crippen MR) is 118 cm³/mol. The van der Waals surface area contributed by atoms with E-state index in [1.54, 1.807) is 0 Å². The van der Waals surface area contributed by atoms with Crippen molar-refractivity contribution >= 4 is 38.5 Å². The van der Waals surface area contributed by atoms with Crippen LogP contribution >= 0.6 is 0 Å². The summed E-state index contributed by atoms with van der Waals surface area (Å²) in [6, 6.07) is 7.61. The Kier molecular flexibility index (Phi) is 4.36. The molecular weight excluding hydrogens is 400 g/mol. The fourth-order valence-electron chi connectivity index (χ4n) is 3.74. The van der Waals surface area contributed by atoms with Crippen LogP contribution in [0.25, 0.3) is 22.2 Å². The quantitative estimate of drug-likeness (QED) is 0.554. The first kappa shape index (κ1) is 19.1. The molecule has 0 atom stereocenters. The number of hydrogen-bond acceptors (Lipinski definition) is 4. The summed E-state index contributed by atoms with van der Waals surface area (Å²) in [6.07, 6.45) is 5.14. The Balaban J connectivity index is 1.55. The number of amides is 1. The molecule has 3 aromatic rings. The highest BCUT2D eigenvalue weighted by Gasteiger charge is 2.36. The minimum Gasteiger partial charge on any atom is -0.346 e. The van der Waals surface area contributed by atoms with E-state index in [9.17, 15) is 13.2 Å². The van der Waals surface area contributed by atoms with Gasteiger partial charge < -0.3 is 10.3 Å². The van der Waals surface area contributed by atoms with Crippen molar-refractivity contribution in [3.8, 4) is 11.1 Å². The highest BCUT2D eigenvalue weighted by Crippen LogP contribution is 2.37. The summed E-state index contributed by atoms with van der Waals surface area (Å²) in [5, 5.41) is 3.61. The van der Waals surface area contributed by atoms with Crippen molar-refractivity contribution in [3.63, 3.8) is 0 Å². The summed E-state index contributed by atoms with van der Waals surface area (Å²) < 4.78 is 27.5. The summed E-state index contributed by atoms with van der Waals surface area (Å²) >= 11 is 0. The number of carbonyl (C=O) groups excluding carboxylic acids is 1. The molecule has 8 heteroatoms. The van der Waals surface area contributed by atoms with E-state index < -0.39 is 10.0 Å². The normalized spacial score (nSPS) is 16.6. The number of H-pyrrole nitrogens is 1. The standard InChI is InChI=1S/C22H24N4O3S/c1-12-13(2)19(26-30(28,29)15-5-6-15)8-7-16(12)18-11-20(25-22(27)14-3-4-14)24-21-17(18)9-10-23-21/h7-11,14-15,26H,3-6H2,1-2H3,(H2,23,24,25,27). The fraction of sp³-hybridized carbons (Fsp3) is 0.364. The first-order valence-corrected chi connectivity index (χ1v) is 11.8. The number of aromatic nitrogens is 2. The lowest BCUT2D eigenvalue weighted by molar-refractivity contribution is -0.117. The van der Waals surface area contributed by atoms with Gasteiger partial charge in [0.25, 0.3) is 0 Å². The first-order chi connectivity index (χ1) is 14.3. The minimum absolute atomic E-state index is 0.0112. The summed E-state index contributed by atoms with van der Waals surface area (Å²) in [6.45, 7) is 3.91. The third-order valence-electron chi connectivity index (χ3n) is 6.02. The molecule has 2 aliphatic rings. The van der Waals surface area contributed by atoms with Gasteiger partial charge in [0.05, 0.1) is 10.9 Å². The number of aromatic amines is 1. The molecule has 0 unspecified atom stereocenters. The molecule has 1 amide bonds. The molecule has 7 nitrogen and oxygen atoms in total. The van der Waals surface area contributed by atoms with Gasteiger partial charge in [-0.15, -0.1) is 0 Å². The van der Waals surface area contributed by atoms with Crippen molar-refractivity contribution in [1.82, 2.24) is 9.97 Å². The molecule has 3 N–H and O–H groups in total. The summed E-state index contributed by atoms with van der Waals surface area (Å²) in [4.78, 5) is 19.9. The van der Waals surface area contributed by atoms with Crippen LogP contribution in [-0.2, 0) is 14.8 Å². The largest absolute Gasteiger partial charge is 0.346 e. The number of benzene rings is 1. The van der Waals surface area contributed by atoms with Crippen LogP contribution in [0.3, 0.4) is 0 Å². The number of carbonyl (C=O) groups is 1. The number of anilines is 2. The van der Waals surface area contributed by atoms with Gasteiger partial charge in [-0.25, -0.2) is 13.4 Å². The second-order valence-corrected chi connectivity index (χ2v) is 10.3. The molecule has 2 aliphatic carbocycles. The Morgan fingerprint density at radius 3 is 2.53 bits per heavy atom. The summed E-state index contributed by atoms with van der Waals surface area (Å²) in [5.41, 5.74) is 5.12. The minimum atomic E-state index is -3.32. The lowest BCUT2D eigenvalue weighted by atomic mass is 9.94. The number of nitrogens with zero attached hydrogens (tertiary/aromatic N) is 1. The number of nitrogens with one attached hydrogen (secondary N) is 3. The average Bonchev–Trinajstić information content (AvgIpc) is 3.61. The van der Waals surface area contributed by atoms with E-state index in [0.29, 0.717) is 17.2 Å². The molecule has 1 aromatic carbocycles. The maximum absolute atomic E-state index is 12.4. The monoisotopic (exact) mass is 424 g/mol. The van der Waals surface area contributed by atoms with E-state index in [1.165, 1.54) is 0 Å². The van der Waals surface area contributed by atoms with E-state index >= 15 is 0 Å². The van der Waals surface area contributed by atoms with Gasteiger partial charge in [0.1, 0.15) is 11.5 Å². The van der Waals surface area contributed by atoms with Gasteiger partial charge in [-0.1, -0.05) is 6.07 Å². The van der Waals surface area contributed by atoms with Crippen molar-refractivity contribution in [2.45, 2.75) is 44.8 Å². The zero-order valence-electron chi connectivity index (χ0n) is 17.0. The lowest BCUT2D eigenvalue weighted by Crippen LogP contribution is -2.18. The SMILES string of the molecule is Cc1c(NS(=O)(=O)C2CC2)ccc(-c2cc(NC(=O)C3CC3)nc3[nH]ccc23)c1C. The second kappa shape index (κ2) is 6.84. The van der Waals surface area contributed by atoms with Crippen LogP contribution in [0.1, 0.15) is 36.8 Å². The van der Waals surface area contributed by atoms with Crippen molar-refractivity contribution in [2.24, 2.45) is 5.92 Å². The zero-order chi connectivity index (χ0) is 21.0. The summed E-state index contributed by atoms with van der Waals surface area (Å²) in [7, 11) is -3.32. The van der Waals surface area contributed by atoms with Gasteiger partial charge in [0.15, 0.2) is 0 Å². The number of fused-ring (bicyclic) bond motifs is 1. The Hall–Kier alpha value is -2.87. The van der Waals surface area contributed by atoms with E-state index in [1.807, 2.05) is 44.3 Å².